The molecule has 0 heterocycles. The van der Waals surface area contributed by atoms with Crippen molar-refractivity contribution in [2.24, 2.45) is 11.3 Å². The lowest BCUT2D eigenvalue weighted by atomic mass is 9.71. The molecule has 4 nitrogen and oxygen atoms in total. The minimum absolute atomic E-state index is 0.0336. The van der Waals surface area contributed by atoms with Gasteiger partial charge in [0.15, 0.2) is 0 Å². The summed E-state index contributed by atoms with van der Waals surface area (Å²) >= 11 is 0. The van der Waals surface area contributed by atoms with Crippen molar-refractivity contribution >= 4 is 11.9 Å². The third-order valence-corrected chi connectivity index (χ3v) is 3.87. The van der Waals surface area contributed by atoms with Crippen molar-refractivity contribution in [2.45, 2.75) is 65.2 Å². The van der Waals surface area contributed by atoms with E-state index in [4.69, 9.17) is 9.84 Å². The van der Waals surface area contributed by atoms with Crippen molar-refractivity contribution < 1.29 is 19.4 Å². The molecule has 1 aliphatic carbocycles. The van der Waals surface area contributed by atoms with Crippen LogP contribution in [-0.2, 0) is 14.3 Å². The van der Waals surface area contributed by atoms with E-state index in [0.717, 1.165) is 6.42 Å². The summed E-state index contributed by atoms with van der Waals surface area (Å²) in [4.78, 5) is 21.7. The van der Waals surface area contributed by atoms with E-state index in [0.29, 0.717) is 24.4 Å². The molecule has 0 spiro atoms. The lowest BCUT2D eigenvalue weighted by Crippen LogP contribution is -2.23. The van der Waals surface area contributed by atoms with Gasteiger partial charge in [-0.15, -0.1) is 0 Å². The lowest BCUT2D eigenvalue weighted by Gasteiger charge is -2.35. The molecular weight excluding hydrogens is 244 g/mol. The van der Waals surface area contributed by atoms with Crippen LogP contribution in [0, 0.1) is 11.3 Å². The summed E-state index contributed by atoms with van der Waals surface area (Å²) in [6.07, 6.45) is 6.55. The average Bonchev–Trinajstić information content (AvgIpc) is 2.27. The highest BCUT2D eigenvalue weighted by Gasteiger charge is 2.27. The largest absolute Gasteiger partial charge is 0.481 e. The van der Waals surface area contributed by atoms with Crippen LogP contribution >= 0.6 is 0 Å². The van der Waals surface area contributed by atoms with Gasteiger partial charge in [-0.3, -0.25) is 9.59 Å². The molecule has 1 saturated carbocycles. The van der Waals surface area contributed by atoms with Gasteiger partial charge in [-0.1, -0.05) is 26.7 Å². The smallest absolute Gasteiger partial charge is 0.305 e. The molecule has 1 fully saturated rings. The van der Waals surface area contributed by atoms with E-state index in [9.17, 15) is 9.59 Å². The Labute approximate surface area is 115 Å². The van der Waals surface area contributed by atoms with Crippen LogP contribution in [0.3, 0.4) is 0 Å². The topological polar surface area (TPSA) is 63.6 Å². The monoisotopic (exact) mass is 270 g/mol. The second kappa shape index (κ2) is 7.51. The van der Waals surface area contributed by atoms with E-state index in [-0.39, 0.29) is 18.8 Å². The summed E-state index contributed by atoms with van der Waals surface area (Å²) in [6, 6.07) is 0. The van der Waals surface area contributed by atoms with Crippen LogP contribution in [0.5, 0.6) is 0 Å². The molecule has 1 N–H and O–H groups in total. The summed E-state index contributed by atoms with van der Waals surface area (Å²) in [7, 11) is 0. The Morgan fingerprint density at radius 3 is 2.68 bits per heavy atom. The Bertz CT molecular complexity index is 309. The summed E-state index contributed by atoms with van der Waals surface area (Å²) in [5.41, 5.74) is 0.425. The predicted octanol–water partition coefficient (Wildman–Crippen LogP) is 3.39. The molecule has 0 bridgehead atoms. The number of carbonyl (C=O) groups is 2. The van der Waals surface area contributed by atoms with E-state index < -0.39 is 5.97 Å². The Kier molecular flexibility index (Phi) is 6.32. The molecule has 0 aromatic rings. The van der Waals surface area contributed by atoms with Gasteiger partial charge >= 0.3 is 11.9 Å². The molecule has 1 unspecified atom stereocenters. The molecular formula is C15H26O4. The SMILES string of the molecule is CC1(C)CCCC(CCOC(=O)CCCC(=O)O)C1. The first-order chi connectivity index (χ1) is 8.89. The summed E-state index contributed by atoms with van der Waals surface area (Å²) in [6.45, 7) is 5.08. The van der Waals surface area contributed by atoms with Gasteiger partial charge in [0.25, 0.3) is 0 Å². The van der Waals surface area contributed by atoms with Crippen LogP contribution in [-0.4, -0.2) is 23.7 Å². The van der Waals surface area contributed by atoms with Crippen LogP contribution in [0.2, 0.25) is 0 Å². The average molecular weight is 270 g/mol. The van der Waals surface area contributed by atoms with Gasteiger partial charge in [0, 0.05) is 12.8 Å². The van der Waals surface area contributed by atoms with Gasteiger partial charge in [-0.2, -0.15) is 0 Å². The van der Waals surface area contributed by atoms with Crippen molar-refractivity contribution in [1.29, 1.82) is 0 Å². The predicted molar refractivity (Wildman–Crippen MR) is 72.8 cm³/mol. The Morgan fingerprint density at radius 2 is 2.05 bits per heavy atom. The third-order valence-electron chi connectivity index (χ3n) is 3.87. The number of rotatable bonds is 7. The zero-order valence-corrected chi connectivity index (χ0v) is 12.1. The Morgan fingerprint density at radius 1 is 1.32 bits per heavy atom. The van der Waals surface area contributed by atoms with Crippen LogP contribution in [0.1, 0.15) is 65.2 Å². The van der Waals surface area contributed by atoms with Crippen molar-refractivity contribution in [3.63, 3.8) is 0 Å². The van der Waals surface area contributed by atoms with E-state index in [1.807, 2.05) is 0 Å². The van der Waals surface area contributed by atoms with E-state index in [1.165, 1.54) is 25.7 Å². The van der Waals surface area contributed by atoms with Gasteiger partial charge in [-0.25, -0.2) is 0 Å². The molecule has 0 aromatic carbocycles. The summed E-state index contributed by atoms with van der Waals surface area (Å²) < 4.78 is 5.16. The van der Waals surface area contributed by atoms with Crippen molar-refractivity contribution in [3.05, 3.63) is 0 Å². The van der Waals surface area contributed by atoms with Gasteiger partial charge in [-0.05, 0) is 37.0 Å². The molecule has 1 atom stereocenters. The normalized spacial score (nSPS) is 21.9. The standard InChI is InChI=1S/C15H26O4/c1-15(2)9-4-5-12(11-15)8-10-19-14(18)7-3-6-13(16)17/h12H,3-11H2,1-2H3,(H,16,17). The molecule has 0 aliphatic heterocycles. The van der Waals surface area contributed by atoms with E-state index >= 15 is 0 Å². The first kappa shape index (κ1) is 16.0. The highest BCUT2D eigenvalue weighted by Crippen LogP contribution is 2.39. The van der Waals surface area contributed by atoms with Gasteiger partial charge in [0.05, 0.1) is 6.61 Å². The zero-order valence-electron chi connectivity index (χ0n) is 12.1. The first-order valence-electron chi connectivity index (χ1n) is 7.26. The van der Waals surface area contributed by atoms with Crippen LogP contribution in [0.15, 0.2) is 0 Å². The second-order valence-electron chi connectivity index (χ2n) is 6.38. The van der Waals surface area contributed by atoms with Crippen molar-refractivity contribution in [3.8, 4) is 0 Å². The Balaban J connectivity index is 2.09. The fourth-order valence-electron chi connectivity index (χ4n) is 2.90. The number of carboxylic acid groups (broad SMARTS) is 1. The molecule has 4 heteroatoms. The number of aliphatic carboxylic acids is 1. The number of esters is 1. The highest BCUT2D eigenvalue weighted by atomic mass is 16.5. The molecule has 0 amide bonds. The van der Waals surface area contributed by atoms with Crippen LogP contribution in [0.25, 0.3) is 0 Å². The number of carboxylic acids is 1. The van der Waals surface area contributed by atoms with Crippen LogP contribution < -0.4 is 0 Å². The lowest BCUT2D eigenvalue weighted by molar-refractivity contribution is -0.144. The van der Waals surface area contributed by atoms with Crippen molar-refractivity contribution in [2.75, 3.05) is 6.61 Å². The molecule has 110 valence electrons. The second-order valence-corrected chi connectivity index (χ2v) is 6.38. The molecule has 1 aliphatic rings. The number of carbonyl (C=O) groups excluding carboxylic acids is 1. The summed E-state index contributed by atoms with van der Waals surface area (Å²) in [5.74, 6) is -0.468. The minimum atomic E-state index is -0.864. The van der Waals surface area contributed by atoms with Gasteiger partial charge < -0.3 is 9.84 Å². The van der Waals surface area contributed by atoms with Gasteiger partial charge in [0.1, 0.15) is 0 Å². The first-order valence-corrected chi connectivity index (χ1v) is 7.26. The number of hydrogen-bond donors (Lipinski definition) is 1. The fourth-order valence-corrected chi connectivity index (χ4v) is 2.90. The maximum absolute atomic E-state index is 11.4. The Hall–Kier alpha value is -1.06. The molecule has 0 saturated heterocycles. The molecule has 0 radical (unpaired) electrons. The minimum Gasteiger partial charge on any atom is -0.481 e. The zero-order chi connectivity index (χ0) is 14.3. The highest BCUT2D eigenvalue weighted by molar-refractivity contribution is 5.71. The summed E-state index contributed by atoms with van der Waals surface area (Å²) in [5, 5.41) is 8.47. The quantitative estimate of drug-likeness (QED) is 0.720. The van der Waals surface area contributed by atoms with Crippen LogP contribution in [0.4, 0.5) is 0 Å². The van der Waals surface area contributed by atoms with Crippen molar-refractivity contribution in [1.82, 2.24) is 0 Å². The van der Waals surface area contributed by atoms with Gasteiger partial charge in [0.2, 0.25) is 0 Å². The maximum Gasteiger partial charge on any atom is 0.305 e. The molecule has 1 rings (SSSR count). The fraction of sp³-hybridized carbons (Fsp3) is 0.867. The molecule has 19 heavy (non-hydrogen) atoms. The number of ether oxygens (including phenoxy) is 1. The van der Waals surface area contributed by atoms with E-state index in [1.54, 1.807) is 0 Å². The maximum atomic E-state index is 11.4. The molecule has 0 aromatic heterocycles. The van der Waals surface area contributed by atoms with E-state index in [2.05, 4.69) is 13.8 Å². The third kappa shape index (κ3) is 7.19. The number of hydrogen-bond acceptors (Lipinski definition) is 3.